The molecule has 0 saturated heterocycles. The summed E-state index contributed by atoms with van der Waals surface area (Å²) in [5, 5.41) is 13.8. The number of carbonyl (C=O) groups is 1. The molecule has 3 rings (SSSR count). The Morgan fingerprint density at radius 3 is 2.88 bits per heavy atom. The normalized spacial score (nSPS) is 12.2. The number of aromatic nitrogens is 1. The quantitative estimate of drug-likeness (QED) is 0.548. The highest BCUT2D eigenvalue weighted by Crippen LogP contribution is 2.19. The topological polar surface area (TPSA) is 74.3 Å². The zero-order chi connectivity index (χ0) is 18.4. The zero-order valence-corrected chi connectivity index (χ0v) is 14.9. The Bertz CT molecular complexity index is 872. The van der Waals surface area contributed by atoms with Crippen molar-refractivity contribution in [1.82, 2.24) is 10.3 Å². The molecule has 0 bridgehead atoms. The molecule has 1 atom stereocenters. The Morgan fingerprint density at radius 2 is 2.08 bits per heavy atom. The minimum absolute atomic E-state index is 0.422. The third kappa shape index (κ3) is 4.43. The zero-order valence-electron chi connectivity index (χ0n) is 14.9. The van der Waals surface area contributed by atoms with Gasteiger partial charge in [0.2, 0.25) is 0 Å². The number of benzene rings is 2. The van der Waals surface area contributed by atoms with E-state index in [1.165, 1.54) is 0 Å². The molecule has 0 radical (unpaired) electrons. The largest absolute Gasteiger partial charge is 0.494 e. The maximum atomic E-state index is 11.7. The molecule has 136 valence electrons. The number of para-hydroxylation sites is 1. The molecule has 5 nitrogen and oxygen atoms in total. The summed E-state index contributed by atoms with van der Waals surface area (Å²) in [7, 11) is 0. The van der Waals surface area contributed by atoms with Gasteiger partial charge in [-0.1, -0.05) is 37.3 Å². The Morgan fingerprint density at radius 1 is 1.23 bits per heavy atom. The van der Waals surface area contributed by atoms with Crippen LogP contribution in [0.15, 0.2) is 54.7 Å². The van der Waals surface area contributed by atoms with E-state index in [0.29, 0.717) is 19.6 Å². The fourth-order valence-corrected chi connectivity index (χ4v) is 2.97. The number of carboxylic acids is 1. The highest BCUT2D eigenvalue weighted by atomic mass is 16.5. The number of H-pyrrole nitrogens is 1. The highest BCUT2D eigenvalue weighted by molar-refractivity contribution is 5.84. The van der Waals surface area contributed by atoms with Gasteiger partial charge in [0.15, 0.2) is 0 Å². The Kier molecular flexibility index (Phi) is 5.92. The molecule has 5 heteroatoms. The molecular weight excluding hydrogens is 328 g/mol. The number of hydrogen-bond donors (Lipinski definition) is 3. The van der Waals surface area contributed by atoms with Crippen molar-refractivity contribution in [3.63, 3.8) is 0 Å². The van der Waals surface area contributed by atoms with Gasteiger partial charge in [-0.15, -0.1) is 0 Å². The van der Waals surface area contributed by atoms with Gasteiger partial charge in [-0.2, -0.15) is 0 Å². The van der Waals surface area contributed by atoms with Crippen molar-refractivity contribution >= 4 is 16.9 Å². The second-order valence-corrected chi connectivity index (χ2v) is 6.33. The second kappa shape index (κ2) is 8.54. The number of carboxylic acid groups (broad SMARTS) is 1. The van der Waals surface area contributed by atoms with Crippen LogP contribution in [0.2, 0.25) is 0 Å². The van der Waals surface area contributed by atoms with Crippen molar-refractivity contribution in [2.75, 3.05) is 6.61 Å². The second-order valence-electron chi connectivity index (χ2n) is 6.33. The first kappa shape index (κ1) is 18.0. The van der Waals surface area contributed by atoms with E-state index in [1.54, 1.807) is 0 Å². The number of rotatable bonds is 9. The third-order valence-electron chi connectivity index (χ3n) is 4.32. The van der Waals surface area contributed by atoms with Crippen molar-refractivity contribution in [2.45, 2.75) is 32.4 Å². The maximum Gasteiger partial charge on any atom is 0.321 e. The summed E-state index contributed by atoms with van der Waals surface area (Å²) < 4.78 is 5.64. The van der Waals surface area contributed by atoms with Crippen LogP contribution >= 0.6 is 0 Å². The lowest BCUT2D eigenvalue weighted by Crippen LogP contribution is -2.38. The molecule has 0 amide bonds. The lowest BCUT2D eigenvalue weighted by atomic mass is 10.0. The predicted molar refractivity (Wildman–Crippen MR) is 102 cm³/mol. The van der Waals surface area contributed by atoms with Crippen LogP contribution in [0.5, 0.6) is 5.75 Å². The Balaban J connectivity index is 1.67. The van der Waals surface area contributed by atoms with Crippen molar-refractivity contribution < 1.29 is 14.6 Å². The van der Waals surface area contributed by atoms with Crippen LogP contribution in [0.3, 0.4) is 0 Å². The van der Waals surface area contributed by atoms with Gasteiger partial charge in [-0.25, -0.2) is 0 Å². The van der Waals surface area contributed by atoms with E-state index in [4.69, 9.17) is 4.74 Å². The van der Waals surface area contributed by atoms with Crippen LogP contribution in [0.25, 0.3) is 10.9 Å². The van der Waals surface area contributed by atoms with Gasteiger partial charge < -0.3 is 20.1 Å². The summed E-state index contributed by atoms with van der Waals surface area (Å²) >= 11 is 0. The highest BCUT2D eigenvalue weighted by Gasteiger charge is 2.19. The number of nitrogens with one attached hydrogen (secondary N) is 2. The van der Waals surface area contributed by atoms with Gasteiger partial charge in [-0.05, 0) is 35.7 Å². The summed E-state index contributed by atoms with van der Waals surface area (Å²) in [5.74, 6) is -0.0386. The van der Waals surface area contributed by atoms with Crippen molar-refractivity contribution in [3.05, 3.63) is 65.9 Å². The van der Waals surface area contributed by atoms with Gasteiger partial charge in [-0.3, -0.25) is 4.79 Å². The van der Waals surface area contributed by atoms with Crippen molar-refractivity contribution in [2.24, 2.45) is 0 Å². The summed E-state index contributed by atoms with van der Waals surface area (Å²) in [6.07, 6.45) is 3.26. The lowest BCUT2D eigenvalue weighted by molar-refractivity contribution is -0.139. The molecule has 2 aromatic carbocycles. The molecule has 0 saturated carbocycles. The molecular formula is C21H24N2O3. The molecule has 0 aliphatic rings. The average molecular weight is 352 g/mol. The van der Waals surface area contributed by atoms with E-state index in [-0.39, 0.29) is 0 Å². The summed E-state index contributed by atoms with van der Waals surface area (Å²) in [5.41, 5.74) is 3.02. The monoisotopic (exact) mass is 352 g/mol. The summed E-state index contributed by atoms with van der Waals surface area (Å²) in [6, 6.07) is 15.0. The summed E-state index contributed by atoms with van der Waals surface area (Å²) in [6.45, 7) is 3.21. The summed E-state index contributed by atoms with van der Waals surface area (Å²) in [4.78, 5) is 14.9. The Hall–Kier alpha value is -2.79. The average Bonchev–Trinajstić information content (AvgIpc) is 3.06. The SMILES string of the molecule is CCCOc1cccc(CN[C@@H](Cc2c[nH]c3ccccc23)C(=O)O)c1. The minimum Gasteiger partial charge on any atom is -0.494 e. The van der Waals surface area contributed by atoms with E-state index in [9.17, 15) is 9.90 Å². The van der Waals surface area contributed by atoms with Gasteiger partial charge in [0, 0.05) is 30.1 Å². The standard InChI is InChI=1S/C21H24N2O3/c1-2-10-26-17-7-5-6-15(11-17)13-22-20(21(24)25)12-16-14-23-19-9-4-3-8-18(16)19/h3-9,11,14,20,22-23H,2,10,12-13H2,1H3,(H,24,25)/t20-/m0/s1. The molecule has 0 aliphatic heterocycles. The molecule has 3 N–H and O–H groups in total. The third-order valence-corrected chi connectivity index (χ3v) is 4.32. The fraction of sp³-hybridized carbons (Fsp3) is 0.286. The van der Waals surface area contributed by atoms with E-state index >= 15 is 0 Å². The first-order chi connectivity index (χ1) is 12.7. The van der Waals surface area contributed by atoms with Gasteiger partial charge >= 0.3 is 5.97 Å². The molecule has 26 heavy (non-hydrogen) atoms. The van der Waals surface area contributed by atoms with E-state index in [1.807, 2.05) is 54.7 Å². The van der Waals surface area contributed by atoms with Crippen LogP contribution in [0, 0.1) is 0 Å². The van der Waals surface area contributed by atoms with Crippen LogP contribution in [0.1, 0.15) is 24.5 Å². The van der Waals surface area contributed by atoms with Crippen molar-refractivity contribution in [3.8, 4) is 5.75 Å². The molecule has 1 heterocycles. The smallest absolute Gasteiger partial charge is 0.321 e. The van der Waals surface area contributed by atoms with E-state index in [0.717, 1.165) is 34.2 Å². The van der Waals surface area contributed by atoms with Crippen LogP contribution < -0.4 is 10.1 Å². The number of aromatic amines is 1. The first-order valence-electron chi connectivity index (χ1n) is 8.90. The molecule has 3 aromatic rings. The number of fused-ring (bicyclic) bond motifs is 1. The molecule has 0 aliphatic carbocycles. The maximum absolute atomic E-state index is 11.7. The van der Waals surface area contributed by atoms with Gasteiger partial charge in [0.05, 0.1) is 6.61 Å². The molecule has 0 spiro atoms. The molecule has 0 fully saturated rings. The van der Waals surface area contributed by atoms with Crippen molar-refractivity contribution in [1.29, 1.82) is 0 Å². The lowest BCUT2D eigenvalue weighted by Gasteiger charge is -2.15. The predicted octanol–water partition coefficient (Wildman–Crippen LogP) is 3.74. The van der Waals surface area contributed by atoms with E-state index in [2.05, 4.69) is 17.2 Å². The van der Waals surface area contributed by atoms with Crippen LogP contribution in [-0.2, 0) is 17.8 Å². The fourth-order valence-electron chi connectivity index (χ4n) is 2.97. The molecule has 0 unspecified atom stereocenters. The molecule has 1 aromatic heterocycles. The van der Waals surface area contributed by atoms with E-state index < -0.39 is 12.0 Å². The number of hydrogen-bond acceptors (Lipinski definition) is 3. The number of aliphatic carboxylic acids is 1. The van der Waals surface area contributed by atoms with Crippen LogP contribution in [0.4, 0.5) is 0 Å². The minimum atomic E-state index is -0.853. The van der Waals surface area contributed by atoms with Gasteiger partial charge in [0.25, 0.3) is 0 Å². The van der Waals surface area contributed by atoms with Gasteiger partial charge in [0.1, 0.15) is 11.8 Å². The first-order valence-corrected chi connectivity index (χ1v) is 8.90. The number of ether oxygens (including phenoxy) is 1. The van der Waals surface area contributed by atoms with Crippen LogP contribution in [-0.4, -0.2) is 28.7 Å². The Labute approximate surface area is 153 Å².